The number of rotatable bonds is 1. The van der Waals surface area contributed by atoms with Gasteiger partial charge in [-0.3, -0.25) is 4.90 Å². The molecule has 2 heterocycles. The second-order valence-electron chi connectivity index (χ2n) is 11.3. The van der Waals surface area contributed by atoms with E-state index in [2.05, 4.69) is 5.32 Å². The molecule has 1 aromatic carbocycles. The molecule has 0 aliphatic carbocycles. The van der Waals surface area contributed by atoms with E-state index in [1.54, 1.807) is 30.6 Å². The van der Waals surface area contributed by atoms with Crippen LogP contribution in [0.15, 0.2) is 24.3 Å². The molecular formula is C25H36F3N3O4. The zero-order valence-corrected chi connectivity index (χ0v) is 21.3. The van der Waals surface area contributed by atoms with Crippen molar-refractivity contribution in [1.82, 2.24) is 15.1 Å². The molecule has 0 aromatic heterocycles. The summed E-state index contributed by atoms with van der Waals surface area (Å²) in [5, 5.41) is 3.42. The van der Waals surface area contributed by atoms with Gasteiger partial charge in [-0.05, 0) is 72.1 Å². The van der Waals surface area contributed by atoms with E-state index in [4.69, 9.17) is 9.47 Å². The molecule has 2 amide bonds. The van der Waals surface area contributed by atoms with Gasteiger partial charge in [-0.25, -0.2) is 9.59 Å². The second-order valence-corrected chi connectivity index (χ2v) is 11.3. The molecule has 1 N–H and O–H groups in total. The largest absolute Gasteiger partial charge is 0.444 e. The first-order chi connectivity index (χ1) is 16.0. The van der Waals surface area contributed by atoms with Crippen LogP contribution in [0.5, 0.6) is 0 Å². The number of amides is 2. The number of piperazine rings is 1. The highest BCUT2D eigenvalue weighted by molar-refractivity contribution is 5.71. The molecule has 3 rings (SSSR count). The van der Waals surface area contributed by atoms with E-state index in [-0.39, 0.29) is 18.7 Å². The molecular weight excluding hydrogens is 463 g/mol. The lowest BCUT2D eigenvalue weighted by atomic mass is 9.82. The van der Waals surface area contributed by atoms with Crippen molar-refractivity contribution >= 4 is 12.2 Å². The van der Waals surface area contributed by atoms with Crippen molar-refractivity contribution in [3.05, 3.63) is 35.4 Å². The fourth-order valence-electron chi connectivity index (χ4n) is 4.44. The molecule has 35 heavy (non-hydrogen) atoms. The first-order valence-electron chi connectivity index (χ1n) is 11.9. The second kappa shape index (κ2) is 9.52. The van der Waals surface area contributed by atoms with Crippen LogP contribution >= 0.6 is 0 Å². The lowest BCUT2D eigenvalue weighted by Crippen LogP contribution is -2.67. The van der Waals surface area contributed by atoms with E-state index >= 15 is 0 Å². The molecule has 2 aliphatic heterocycles. The van der Waals surface area contributed by atoms with Crippen LogP contribution < -0.4 is 5.32 Å². The third-order valence-electron chi connectivity index (χ3n) is 6.22. The highest BCUT2D eigenvalue weighted by atomic mass is 19.4. The smallest absolute Gasteiger partial charge is 0.416 e. The summed E-state index contributed by atoms with van der Waals surface area (Å²) in [6.07, 6.45) is -4.21. The van der Waals surface area contributed by atoms with E-state index in [1.807, 2.05) is 20.8 Å². The van der Waals surface area contributed by atoms with Crippen molar-refractivity contribution < 1.29 is 32.2 Å². The zero-order chi connectivity index (χ0) is 26.2. The minimum Gasteiger partial charge on any atom is -0.444 e. The molecule has 1 spiro atoms. The number of hydrogen-bond donors (Lipinski definition) is 1. The van der Waals surface area contributed by atoms with Crippen LogP contribution in [0.1, 0.15) is 71.6 Å². The molecule has 2 aliphatic rings. The Hall–Kier alpha value is -2.49. The van der Waals surface area contributed by atoms with Gasteiger partial charge in [0.25, 0.3) is 0 Å². The average molecular weight is 500 g/mol. The van der Waals surface area contributed by atoms with Crippen molar-refractivity contribution in [2.45, 2.75) is 83.3 Å². The number of piperidine rings is 1. The number of carbonyl (C=O) groups is 2. The van der Waals surface area contributed by atoms with E-state index in [0.29, 0.717) is 38.0 Å². The zero-order valence-electron chi connectivity index (χ0n) is 21.3. The number of benzene rings is 1. The first kappa shape index (κ1) is 27.1. The molecule has 7 nitrogen and oxygen atoms in total. The van der Waals surface area contributed by atoms with E-state index in [0.717, 1.165) is 12.1 Å². The maximum Gasteiger partial charge on any atom is 0.416 e. The standard InChI is InChI=1S/C25H36F3N3O4/c1-22(2,3)34-20(32)30-13-11-24(12-14-30)16-29-19(15-31(24)21(33)35-23(4,5)6)17-7-9-18(10-8-17)25(26,27)28/h7-10,19,29H,11-16H2,1-6H3/t19-/m1/s1. The SMILES string of the molecule is CC(C)(C)OC(=O)N1CCC2(CC1)CN[C@@H](c1ccc(C(F)(F)F)cc1)CN2C(=O)OC(C)(C)C. The van der Waals surface area contributed by atoms with Crippen LogP contribution in [0.3, 0.4) is 0 Å². The number of halogens is 3. The molecule has 1 atom stereocenters. The van der Waals surface area contributed by atoms with Gasteiger partial charge < -0.3 is 19.7 Å². The quantitative estimate of drug-likeness (QED) is 0.564. The number of hydrogen-bond acceptors (Lipinski definition) is 5. The number of alkyl halides is 3. The van der Waals surface area contributed by atoms with Gasteiger partial charge in [0.2, 0.25) is 0 Å². The molecule has 0 unspecified atom stereocenters. The van der Waals surface area contributed by atoms with E-state index in [1.165, 1.54) is 12.1 Å². The van der Waals surface area contributed by atoms with Gasteiger partial charge in [-0.1, -0.05) is 12.1 Å². The number of likely N-dealkylation sites (tertiary alicyclic amines) is 1. The van der Waals surface area contributed by atoms with E-state index < -0.39 is 34.6 Å². The highest BCUT2D eigenvalue weighted by Crippen LogP contribution is 2.37. The summed E-state index contributed by atoms with van der Waals surface area (Å²) >= 11 is 0. The summed E-state index contributed by atoms with van der Waals surface area (Å²) in [6.45, 7) is 12.3. The Kier molecular flexibility index (Phi) is 7.37. The van der Waals surface area contributed by atoms with Crippen LogP contribution in [-0.2, 0) is 15.7 Å². The number of ether oxygens (including phenoxy) is 2. The summed E-state index contributed by atoms with van der Waals surface area (Å²) in [7, 11) is 0. The molecule has 10 heteroatoms. The van der Waals surface area contributed by atoms with Crippen LogP contribution in [0.4, 0.5) is 22.8 Å². The van der Waals surface area contributed by atoms with Crippen molar-refractivity contribution in [2.24, 2.45) is 0 Å². The van der Waals surface area contributed by atoms with Crippen LogP contribution in [0, 0.1) is 0 Å². The third kappa shape index (κ3) is 6.80. The Morgan fingerprint density at radius 3 is 1.91 bits per heavy atom. The Morgan fingerprint density at radius 1 is 0.914 bits per heavy atom. The van der Waals surface area contributed by atoms with Gasteiger partial charge in [0.05, 0.1) is 17.1 Å². The lowest BCUT2D eigenvalue weighted by Gasteiger charge is -2.53. The number of nitrogens with one attached hydrogen (secondary N) is 1. The van der Waals surface area contributed by atoms with Crippen LogP contribution in [0.25, 0.3) is 0 Å². The van der Waals surface area contributed by atoms with Gasteiger partial charge in [0.15, 0.2) is 0 Å². The molecule has 2 fully saturated rings. The Labute approximate surface area is 204 Å². The predicted molar refractivity (Wildman–Crippen MR) is 125 cm³/mol. The Balaban J connectivity index is 1.79. The summed E-state index contributed by atoms with van der Waals surface area (Å²) in [4.78, 5) is 29.1. The van der Waals surface area contributed by atoms with Gasteiger partial charge in [0, 0.05) is 26.2 Å². The summed E-state index contributed by atoms with van der Waals surface area (Å²) in [5.74, 6) is 0. The molecule has 0 saturated carbocycles. The summed E-state index contributed by atoms with van der Waals surface area (Å²) in [5.41, 5.74) is -1.94. The number of nitrogens with zero attached hydrogens (tertiary/aromatic N) is 2. The van der Waals surface area contributed by atoms with Gasteiger partial charge in [-0.2, -0.15) is 13.2 Å². The maximum atomic E-state index is 13.3. The lowest BCUT2D eigenvalue weighted by molar-refractivity contribution is -0.137. The number of carbonyl (C=O) groups excluding carboxylic acids is 2. The van der Waals surface area contributed by atoms with Crippen molar-refractivity contribution in [2.75, 3.05) is 26.2 Å². The van der Waals surface area contributed by atoms with Crippen molar-refractivity contribution in [3.8, 4) is 0 Å². The molecule has 1 aromatic rings. The average Bonchev–Trinajstić information content (AvgIpc) is 2.71. The Morgan fingerprint density at radius 2 is 1.43 bits per heavy atom. The molecule has 0 bridgehead atoms. The molecule has 0 radical (unpaired) electrons. The minimum absolute atomic E-state index is 0.243. The predicted octanol–water partition coefficient (Wildman–Crippen LogP) is 5.36. The normalized spacial score (nSPS) is 21.1. The van der Waals surface area contributed by atoms with Crippen LogP contribution in [0.2, 0.25) is 0 Å². The Bertz CT molecular complexity index is 912. The highest BCUT2D eigenvalue weighted by Gasteiger charge is 2.48. The monoisotopic (exact) mass is 499 g/mol. The van der Waals surface area contributed by atoms with Crippen LogP contribution in [-0.4, -0.2) is 64.9 Å². The van der Waals surface area contributed by atoms with E-state index in [9.17, 15) is 22.8 Å². The molecule has 196 valence electrons. The molecule has 2 saturated heterocycles. The maximum absolute atomic E-state index is 13.3. The minimum atomic E-state index is -4.41. The summed E-state index contributed by atoms with van der Waals surface area (Å²) in [6, 6.07) is 4.64. The third-order valence-corrected chi connectivity index (χ3v) is 6.22. The van der Waals surface area contributed by atoms with Gasteiger partial charge in [0.1, 0.15) is 11.2 Å². The first-order valence-corrected chi connectivity index (χ1v) is 11.9. The van der Waals surface area contributed by atoms with Gasteiger partial charge >= 0.3 is 18.4 Å². The van der Waals surface area contributed by atoms with Crippen molar-refractivity contribution in [3.63, 3.8) is 0 Å². The topological polar surface area (TPSA) is 71.1 Å². The van der Waals surface area contributed by atoms with Crippen molar-refractivity contribution in [1.29, 1.82) is 0 Å². The fraction of sp³-hybridized carbons (Fsp3) is 0.680. The van der Waals surface area contributed by atoms with Gasteiger partial charge in [-0.15, -0.1) is 0 Å². The summed E-state index contributed by atoms with van der Waals surface area (Å²) < 4.78 is 50.1. The fourth-order valence-corrected chi connectivity index (χ4v) is 4.44.